The molecule has 0 saturated heterocycles. The first kappa shape index (κ1) is 14.0. The zero-order valence-corrected chi connectivity index (χ0v) is 9.67. The molecule has 1 aromatic heterocycles. The van der Waals surface area contributed by atoms with E-state index in [1.165, 1.54) is 0 Å². The molecule has 1 rings (SSSR count). The normalized spacial score (nSPS) is 13.9. The summed E-state index contributed by atoms with van der Waals surface area (Å²) < 4.78 is 37.9. The topological polar surface area (TPSA) is 55.9 Å². The van der Waals surface area contributed by atoms with Crippen molar-refractivity contribution in [2.75, 3.05) is 0 Å². The first-order valence-corrected chi connectivity index (χ1v) is 5.48. The van der Waals surface area contributed by atoms with E-state index in [0.29, 0.717) is 6.42 Å². The maximum atomic E-state index is 12.1. The molecule has 4 nitrogen and oxygen atoms in total. The van der Waals surface area contributed by atoms with Crippen LogP contribution in [0.15, 0.2) is 12.4 Å². The molecule has 1 atom stereocenters. The average molecular weight is 250 g/mol. The molecule has 1 aromatic rings. The summed E-state index contributed by atoms with van der Waals surface area (Å²) in [5.74, 6) is 5.24. The maximum Gasteiger partial charge on any atom is 0.389 e. The fraction of sp³-hybridized carbons (Fsp3) is 0.700. The van der Waals surface area contributed by atoms with Crippen LogP contribution in [-0.4, -0.2) is 22.0 Å². The molecule has 98 valence electrons. The van der Waals surface area contributed by atoms with Gasteiger partial charge in [-0.3, -0.25) is 16.0 Å². The molecule has 7 heteroatoms. The number of halogens is 3. The highest BCUT2D eigenvalue weighted by molar-refractivity contribution is 5.06. The number of nitrogens with zero attached hydrogens (tertiary/aromatic N) is 2. The Morgan fingerprint density at radius 3 is 2.71 bits per heavy atom. The molecule has 0 fully saturated rings. The number of hydrazine groups is 1. The van der Waals surface area contributed by atoms with Crippen molar-refractivity contribution in [1.82, 2.24) is 15.2 Å². The number of aryl methyl sites for hydroxylation is 1. The lowest BCUT2D eigenvalue weighted by Crippen LogP contribution is -2.37. The van der Waals surface area contributed by atoms with Gasteiger partial charge in [0.15, 0.2) is 0 Å². The number of hydrogen-bond donors (Lipinski definition) is 2. The molecule has 0 bridgehead atoms. The molecule has 0 aromatic carbocycles. The van der Waals surface area contributed by atoms with Crippen molar-refractivity contribution in [3.05, 3.63) is 18.0 Å². The molecule has 0 amide bonds. The maximum absolute atomic E-state index is 12.1. The zero-order chi connectivity index (χ0) is 12.9. The van der Waals surface area contributed by atoms with E-state index in [-0.39, 0.29) is 12.5 Å². The highest BCUT2D eigenvalue weighted by Crippen LogP contribution is 2.22. The first-order chi connectivity index (χ1) is 7.94. The lowest BCUT2D eigenvalue weighted by molar-refractivity contribution is -0.136. The predicted molar refractivity (Wildman–Crippen MR) is 58.0 cm³/mol. The van der Waals surface area contributed by atoms with Crippen molar-refractivity contribution in [3.63, 3.8) is 0 Å². The van der Waals surface area contributed by atoms with Gasteiger partial charge in [-0.2, -0.15) is 18.3 Å². The fourth-order valence-corrected chi connectivity index (χ4v) is 1.55. The van der Waals surface area contributed by atoms with Crippen molar-refractivity contribution in [1.29, 1.82) is 0 Å². The second-order valence-corrected chi connectivity index (χ2v) is 3.93. The Hall–Kier alpha value is -1.08. The molecular formula is C10H17F3N4. The number of hydrogen-bond acceptors (Lipinski definition) is 3. The Balaban J connectivity index is 2.46. The Morgan fingerprint density at radius 1 is 1.53 bits per heavy atom. The van der Waals surface area contributed by atoms with Gasteiger partial charge in [-0.05, 0) is 25.3 Å². The molecule has 0 aliphatic rings. The molecule has 0 aliphatic heterocycles. The van der Waals surface area contributed by atoms with Gasteiger partial charge in [-0.25, -0.2) is 0 Å². The van der Waals surface area contributed by atoms with Gasteiger partial charge < -0.3 is 0 Å². The van der Waals surface area contributed by atoms with Crippen LogP contribution in [0.2, 0.25) is 0 Å². The summed E-state index contributed by atoms with van der Waals surface area (Å²) in [6, 6.07) is -0.383. The van der Waals surface area contributed by atoms with E-state index in [1.807, 2.05) is 13.1 Å². The van der Waals surface area contributed by atoms with E-state index in [9.17, 15) is 13.2 Å². The fourth-order valence-electron chi connectivity index (χ4n) is 1.55. The van der Waals surface area contributed by atoms with E-state index >= 15 is 0 Å². The molecule has 1 heterocycles. The third-order valence-electron chi connectivity index (χ3n) is 2.50. The van der Waals surface area contributed by atoms with Gasteiger partial charge >= 0.3 is 6.18 Å². The van der Waals surface area contributed by atoms with Gasteiger partial charge in [0.1, 0.15) is 0 Å². The molecule has 0 radical (unpaired) electrons. The Morgan fingerprint density at radius 2 is 2.24 bits per heavy atom. The van der Waals surface area contributed by atoms with Crippen LogP contribution in [0.1, 0.15) is 25.3 Å². The summed E-state index contributed by atoms with van der Waals surface area (Å²) in [7, 11) is 0. The van der Waals surface area contributed by atoms with Gasteiger partial charge in [0.05, 0.1) is 6.20 Å². The van der Waals surface area contributed by atoms with Crippen LogP contribution >= 0.6 is 0 Å². The molecule has 0 spiro atoms. The molecule has 17 heavy (non-hydrogen) atoms. The third kappa shape index (κ3) is 5.18. The van der Waals surface area contributed by atoms with Crippen molar-refractivity contribution in [2.24, 2.45) is 5.84 Å². The number of rotatable bonds is 6. The second kappa shape index (κ2) is 6.02. The average Bonchev–Trinajstić information content (AvgIpc) is 2.70. The van der Waals surface area contributed by atoms with Crippen LogP contribution in [0.4, 0.5) is 13.2 Å². The van der Waals surface area contributed by atoms with Crippen LogP contribution in [0.5, 0.6) is 0 Å². The Labute approximate surface area is 97.9 Å². The lowest BCUT2D eigenvalue weighted by atomic mass is 10.0. The van der Waals surface area contributed by atoms with Gasteiger partial charge in [-0.1, -0.05) is 0 Å². The van der Waals surface area contributed by atoms with Crippen molar-refractivity contribution in [3.8, 4) is 0 Å². The number of nitrogens with one attached hydrogen (secondary N) is 1. The van der Waals surface area contributed by atoms with E-state index in [0.717, 1.165) is 12.1 Å². The SMILES string of the molecule is CCn1cc(CC(CCC(F)(F)F)NN)cn1. The monoisotopic (exact) mass is 250 g/mol. The van der Waals surface area contributed by atoms with Crippen LogP contribution in [-0.2, 0) is 13.0 Å². The molecule has 0 aliphatic carbocycles. The van der Waals surface area contributed by atoms with Crippen LogP contribution < -0.4 is 11.3 Å². The summed E-state index contributed by atoms with van der Waals surface area (Å²) in [5, 5.41) is 4.06. The number of nitrogens with two attached hydrogens (primary N) is 1. The van der Waals surface area contributed by atoms with E-state index in [4.69, 9.17) is 5.84 Å². The summed E-state index contributed by atoms with van der Waals surface area (Å²) in [5.41, 5.74) is 3.30. The van der Waals surface area contributed by atoms with Gasteiger partial charge in [-0.15, -0.1) is 0 Å². The van der Waals surface area contributed by atoms with Gasteiger partial charge in [0, 0.05) is 25.2 Å². The van der Waals surface area contributed by atoms with Crippen LogP contribution in [0.3, 0.4) is 0 Å². The number of alkyl halides is 3. The summed E-state index contributed by atoms with van der Waals surface area (Å²) in [6.07, 6.45) is -1.07. The molecular weight excluding hydrogens is 233 g/mol. The zero-order valence-electron chi connectivity index (χ0n) is 9.67. The highest BCUT2D eigenvalue weighted by Gasteiger charge is 2.28. The van der Waals surface area contributed by atoms with Crippen molar-refractivity contribution in [2.45, 2.75) is 44.9 Å². The van der Waals surface area contributed by atoms with Gasteiger partial charge in [0.2, 0.25) is 0 Å². The predicted octanol–water partition coefficient (Wildman–Crippen LogP) is 1.62. The van der Waals surface area contributed by atoms with Gasteiger partial charge in [0.25, 0.3) is 0 Å². The minimum absolute atomic E-state index is 0.0305. The summed E-state index contributed by atoms with van der Waals surface area (Å²) >= 11 is 0. The van der Waals surface area contributed by atoms with Crippen molar-refractivity contribution < 1.29 is 13.2 Å². The quantitative estimate of drug-likeness (QED) is 0.596. The van der Waals surface area contributed by atoms with E-state index < -0.39 is 12.6 Å². The molecule has 3 N–H and O–H groups in total. The molecule has 0 saturated carbocycles. The minimum atomic E-state index is -4.14. The van der Waals surface area contributed by atoms with E-state index in [2.05, 4.69) is 10.5 Å². The van der Waals surface area contributed by atoms with E-state index in [1.54, 1.807) is 10.9 Å². The third-order valence-corrected chi connectivity index (χ3v) is 2.50. The highest BCUT2D eigenvalue weighted by atomic mass is 19.4. The number of aromatic nitrogens is 2. The largest absolute Gasteiger partial charge is 0.389 e. The summed E-state index contributed by atoms with van der Waals surface area (Å²) in [6.45, 7) is 2.68. The lowest BCUT2D eigenvalue weighted by Gasteiger charge is -2.15. The second-order valence-electron chi connectivity index (χ2n) is 3.93. The molecule has 1 unspecified atom stereocenters. The van der Waals surface area contributed by atoms with Crippen molar-refractivity contribution >= 4 is 0 Å². The Kier molecular flexibility index (Phi) is 4.95. The first-order valence-electron chi connectivity index (χ1n) is 5.48. The van der Waals surface area contributed by atoms with Crippen LogP contribution in [0, 0.1) is 0 Å². The van der Waals surface area contributed by atoms with Crippen LogP contribution in [0.25, 0.3) is 0 Å². The Bertz CT molecular complexity index is 335. The smallest absolute Gasteiger partial charge is 0.273 e. The minimum Gasteiger partial charge on any atom is -0.273 e. The standard InChI is InChI=1S/C10H17F3N4/c1-2-17-7-8(6-15-17)5-9(16-14)3-4-10(11,12)13/h6-7,9,16H,2-5,14H2,1H3. The summed E-state index contributed by atoms with van der Waals surface area (Å²) in [4.78, 5) is 0.